The highest BCUT2D eigenvalue weighted by molar-refractivity contribution is 5.79. The van der Waals surface area contributed by atoms with Gasteiger partial charge in [-0.1, -0.05) is 6.42 Å². The number of nitrogens with two attached hydrogens (primary N) is 1. The third-order valence-electron chi connectivity index (χ3n) is 4.35. The smallest absolute Gasteiger partial charge is 0.228 e. The van der Waals surface area contributed by atoms with Gasteiger partial charge in [0.1, 0.15) is 6.04 Å². The lowest BCUT2D eigenvalue weighted by Gasteiger charge is -2.28. The van der Waals surface area contributed by atoms with Crippen LogP contribution >= 0.6 is 0 Å². The third kappa shape index (κ3) is 0.991. The number of carbonyl (C=O) groups is 1. The summed E-state index contributed by atoms with van der Waals surface area (Å²) in [6.45, 7) is 2.25. The van der Waals surface area contributed by atoms with Crippen LogP contribution in [0, 0.1) is 0 Å². The molecule has 78 valence electrons. The van der Waals surface area contributed by atoms with Gasteiger partial charge in [0.05, 0.1) is 6.04 Å². The quantitative estimate of drug-likeness (QED) is 0.589. The van der Waals surface area contributed by atoms with Crippen LogP contribution in [0.15, 0.2) is 0 Å². The van der Waals surface area contributed by atoms with E-state index in [-0.39, 0.29) is 5.66 Å². The van der Waals surface area contributed by atoms with Crippen LogP contribution in [-0.2, 0) is 4.79 Å². The second-order valence-electron chi connectivity index (χ2n) is 5.30. The van der Waals surface area contributed by atoms with E-state index in [4.69, 9.17) is 0 Å². The van der Waals surface area contributed by atoms with E-state index in [1.54, 1.807) is 0 Å². The molecule has 14 heavy (non-hydrogen) atoms. The third-order valence-corrected chi connectivity index (χ3v) is 4.35. The largest absolute Gasteiger partial charge is 0.320 e. The van der Waals surface area contributed by atoms with Crippen molar-refractivity contribution in [2.45, 2.75) is 63.2 Å². The number of hydrogen-bond donors (Lipinski definition) is 1. The molecule has 3 atom stereocenters. The Morgan fingerprint density at radius 3 is 3.07 bits per heavy atom. The van der Waals surface area contributed by atoms with Crippen LogP contribution in [0.1, 0.15) is 45.4 Å². The Labute approximate surface area is 84.8 Å². The zero-order valence-corrected chi connectivity index (χ0v) is 8.83. The van der Waals surface area contributed by atoms with Crippen LogP contribution in [0.4, 0.5) is 0 Å². The molecule has 0 radical (unpaired) electrons. The molecular formula is C11H19N2O+. The maximum atomic E-state index is 11.8. The fraction of sp³-hybridized carbons (Fsp3) is 0.909. The van der Waals surface area contributed by atoms with Crippen molar-refractivity contribution in [3.8, 4) is 0 Å². The van der Waals surface area contributed by atoms with Crippen LogP contribution in [-0.4, -0.2) is 28.6 Å². The monoisotopic (exact) mass is 195 g/mol. The number of amides is 1. The highest BCUT2D eigenvalue weighted by Crippen LogP contribution is 2.36. The fourth-order valence-corrected chi connectivity index (χ4v) is 3.73. The van der Waals surface area contributed by atoms with Crippen molar-refractivity contribution < 1.29 is 10.1 Å². The molecule has 1 aliphatic carbocycles. The first-order valence-corrected chi connectivity index (χ1v) is 5.89. The van der Waals surface area contributed by atoms with Gasteiger partial charge < -0.3 is 5.32 Å². The van der Waals surface area contributed by atoms with Gasteiger partial charge in [0, 0.05) is 26.2 Å². The van der Waals surface area contributed by atoms with Gasteiger partial charge >= 0.3 is 0 Å². The Kier molecular flexibility index (Phi) is 1.69. The Hall–Kier alpha value is -0.570. The van der Waals surface area contributed by atoms with Crippen molar-refractivity contribution in [3.05, 3.63) is 0 Å². The summed E-state index contributed by atoms with van der Waals surface area (Å²) >= 11 is 0. The average molecular weight is 195 g/mol. The van der Waals surface area contributed by atoms with Crippen molar-refractivity contribution in [3.63, 3.8) is 0 Å². The Balaban J connectivity index is 1.92. The number of carbonyl (C=O) groups excluding carboxylic acids is 1. The first kappa shape index (κ1) is 8.72. The van der Waals surface area contributed by atoms with E-state index < -0.39 is 0 Å². The molecule has 0 bridgehead atoms. The van der Waals surface area contributed by atoms with Gasteiger partial charge in [0.25, 0.3) is 0 Å². The van der Waals surface area contributed by atoms with Crippen LogP contribution in [0.2, 0.25) is 0 Å². The van der Waals surface area contributed by atoms with Crippen LogP contribution < -0.4 is 5.32 Å². The predicted molar refractivity (Wildman–Crippen MR) is 52.5 cm³/mol. The summed E-state index contributed by atoms with van der Waals surface area (Å²) in [5.41, 5.74) is 0.122. The van der Waals surface area contributed by atoms with Crippen molar-refractivity contribution in [2.24, 2.45) is 0 Å². The van der Waals surface area contributed by atoms with Gasteiger partial charge in [-0.25, -0.2) is 0 Å². The normalized spacial score (nSPS) is 46.6. The Morgan fingerprint density at radius 2 is 2.21 bits per heavy atom. The maximum Gasteiger partial charge on any atom is 0.228 e. The van der Waals surface area contributed by atoms with Gasteiger partial charge in [0.15, 0.2) is 5.66 Å². The molecule has 2 N–H and O–H groups in total. The molecule has 0 aromatic carbocycles. The van der Waals surface area contributed by atoms with Gasteiger partial charge in [0.2, 0.25) is 5.91 Å². The first-order chi connectivity index (χ1) is 6.71. The number of hydrogen-bond acceptors (Lipinski definition) is 1. The molecule has 0 unspecified atom stereocenters. The Bertz CT molecular complexity index is 278. The molecule has 1 saturated carbocycles. The maximum absolute atomic E-state index is 11.8. The molecule has 3 heteroatoms. The van der Waals surface area contributed by atoms with Crippen LogP contribution in [0.25, 0.3) is 0 Å². The number of nitrogens with zero attached hydrogens (tertiary/aromatic N) is 1. The number of fused-ring (bicyclic) bond motifs is 3. The summed E-state index contributed by atoms with van der Waals surface area (Å²) in [6.07, 6.45) is 7.05. The highest BCUT2D eigenvalue weighted by atomic mass is 16.2. The summed E-state index contributed by atoms with van der Waals surface area (Å²) in [7, 11) is 0. The Morgan fingerprint density at radius 1 is 1.43 bits per heavy atom. The molecule has 3 fully saturated rings. The molecule has 3 rings (SSSR count). The lowest BCUT2D eigenvalue weighted by Crippen LogP contribution is -2.98. The molecule has 2 heterocycles. The van der Waals surface area contributed by atoms with Crippen molar-refractivity contribution >= 4 is 5.91 Å². The average Bonchev–Trinajstić information content (AvgIpc) is 2.60. The molecule has 3 nitrogen and oxygen atoms in total. The van der Waals surface area contributed by atoms with E-state index in [9.17, 15) is 4.79 Å². The van der Waals surface area contributed by atoms with Gasteiger partial charge in [-0.3, -0.25) is 9.69 Å². The van der Waals surface area contributed by atoms with Crippen molar-refractivity contribution in [2.75, 3.05) is 0 Å². The minimum atomic E-state index is 0.122. The number of quaternary nitrogens is 1. The SMILES string of the molecule is C[C@]12CCC(=O)N1[C@@H]1CCCC[C@@H]1[NH2+]2. The summed E-state index contributed by atoms with van der Waals surface area (Å²) in [5, 5.41) is 2.47. The summed E-state index contributed by atoms with van der Waals surface area (Å²) in [6, 6.07) is 1.27. The summed E-state index contributed by atoms with van der Waals surface area (Å²) in [5.74, 6) is 0.401. The first-order valence-electron chi connectivity index (χ1n) is 5.89. The molecule has 0 aromatic rings. The van der Waals surface area contributed by atoms with Crippen LogP contribution in [0.3, 0.4) is 0 Å². The van der Waals surface area contributed by atoms with Gasteiger partial charge in [-0.05, 0) is 12.8 Å². The molecule has 2 aliphatic heterocycles. The van der Waals surface area contributed by atoms with E-state index in [1.165, 1.54) is 25.7 Å². The highest BCUT2D eigenvalue weighted by Gasteiger charge is 2.58. The zero-order valence-electron chi connectivity index (χ0n) is 8.83. The molecule has 3 aliphatic rings. The molecule has 1 amide bonds. The van der Waals surface area contributed by atoms with Crippen molar-refractivity contribution in [1.29, 1.82) is 0 Å². The second kappa shape index (κ2) is 2.72. The lowest BCUT2D eigenvalue weighted by molar-refractivity contribution is -0.742. The fourth-order valence-electron chi connectivity index (χ4n) is 3.73. The molecule has 0 spiro atoms. The summed E-state index contributed by atoms with van der Waals surface area (Å²) < 4.78 is 0. The van der Waals surface area contributed by atoms with E-state index in [0.717, 1.165) is 12.8 Å². The van der Waals surface area contributed by atoms with E-state index >= 15 is 0 Å². The molecular weight excluding hydrogens is 176 g/mol. The van der Waals surface area contributed by atoms with E-state index in [2.05, 4.69) is 17.1 Å². The van der Waals surface area contributed by atoms with Gasteiger partial charge in [-0.2, -0.15) is 0 Å². The minimum Gasteiger partial charge on any atom is -0.320 e. The molecule has 0 aromatic heterocycles. The lowest BCUT2D eigenvalue weighted by atomic mass is 9.91. The zero-order chi connectivity index (χ0) is 9.76. The summed E-state index contributed by atoms with van der Waals surface area (Å²) in [4.78, 5) is 14.0. The molecule has 2 saturated heterocycles. The van der Waals surface area contributed by atoms with E-state index in [0.29, 0.717) is 18.0 Å². The topological polar surface area (TPSA) is 36.9 Å². The van der Waals surface area contributed by atoms with Crippen molar-refractivity contribution in [1.82, 2.24) is 4.90 Å². The standard InChI is InChI=1S/C11H18N2O/c1-11-7-6-10(14)13(11)9-5-3-2-4-8(9)12-11/h8-9,12H,2-7H2,1H3/p+1/t8-,9+,11+/m0/s1. The van der Waals surface area contributed by atoms with Gasteiger partial charge in [-0.15, -0.1) is 0 Å². The minimum absolute atomic E-state index is 0.122. The predicted octanol–water partition coefficient (Wildman–Crippen LogP) is 0.213. The van der Waals surface area contributed by atoms with Crippen LogP contribution in [0.5, 0.6) is 0 Å². The van der Waals surface area contributed by atoms with E-state index in [1.807, 2.05) is 0 Å². The number of rotatable bonds is 0. The second-order valence-corrected chi connectivity index (χ2v) is 5.30.